The smallest absolute Gasteiger partial charge is 0.305 e. The Kier molecular flexibility index (Phi) is 8.13. The molecule has 0 bridgehead atoms. The first-order valence-corrected chi connectivity index (χ1v) is 8.28. The molecule has 0 aromatic heterocycles. The molecule has 1 fully saturated rings. The molecule has 0 aromatic rings. The standard InChI is InChI=1S/C17H29NO4/c1-12(2)9-13(10-15(19)14-7-8-14)11-18-16(20)5-4-6-17(21)22-3/h12-14H,4-11H2,1-3H3,(H,18,20). The van der Waals surface area contributed by atoms with Gasteiger partial charge in [-0.3, -0.25) is 14.4 Å². The number of ether oxygens (including phenoxy) is 1. The summed E-state index contributed by atoms with van der Waals surface area (Å²) in [5, 5.41) is 2.90. The van der Waals surface area contributed by atoms with Gasteiger partial charge in [0.2, 0.25) is 5.91 Å². The number of Topliss-reactive ketones (excluding diaryl/α,β-unsaturated/α-hetero) is 1. The topological polar surface area (TPSA) is 72.5 Å². The second-order valence-electron chi connectivity index (χ2n) is 6.67. The SMILES string of the molecule is COC(=O)CCCC(=O)NCC(CC(=O)C1CC1)CC(C)C. The minimum Gasteiger partial charge on any atom is -0.469 e. The molecule has 5 nitrogen and oxygen atoms in total. The minimum absolute atomic E-state index is 0.0588. The quantitative estimate of drug-likeness (QED) is 0.595. The molecule has 1 amide bonds. The van der Waals surface area contributed by atoms with E-state index in [9.17, 15) is 14.4 Å². The van der Waals surface area contributed by atoms with Crippen LogP contribution >= 0.6 is 0 Å². The summed E-state index contributed by atoms with van der Waals surface area (Å²) in [6, 6.07) is 0. The molecule has 0 aliphatic heterocycles. The van der Waals surface area contributed by atoms with Gasteiger partial charge in [-0.1, -0.05) is 13.8 Å². The molecule has 0 spiro atoms. The van der Waals surface area contributed by atoms with Gasteiger partial charge in [-0.15, -0.1) is 0 Å². The molecule has 5 heteroatoms. The van der Waals surface area contributed by atoms with Crippen molar-refractivity contribution in [3.8, 4) is 0 Å². The Bertz CT molecular complexity index is 388. The molecule has 1 unspecified atom stereocenters. The van der Waals surface area contributed by atoms with Crippen LogP contribution in [0.15, 0.2) is 0 Å². The summed E-state index contributed by atoms with van der Waals surface area (Å²) in [7, 11) is 1.34. The normalized spacial score (nSPS) is 15.5. The van der Waals surface area contributed by atoms with E-state index in [0.717, 1.165) is 19.3 Å². The van der Waals surface area contributed by atoms with Crippen molar-refractivity contribution < 1.29 is 19.1 Å². The van der Waals surface area contributed by atoms with E-state index in [0.29, 0.717) is 37.5 Å². The number of carbonyl (C=O) groups excluding carboxylic acids is 3. The Hall–Kier alpha value is -1.39. The fourth-order valence-electron chi connectivity index (χ4n) is 2.60. The first-order chi connectivity index (χ1) is 10.4. The lowest BCUT2D eigenvalue weighted by Gasteiger charge is -2.19. The third kappa shape index (κ3) is 8.15. The summed E-state index contributed by atoms with van der Waals surface area (Å²) in [6.07, 6.45) is 4.67. The molecule has 1 rings (SSSR count). The van der Waals surface area contributed by atoms with E-state index in [2.05, 4.69) is 23.9 Å². The molecule has 0 radical (unpaired) electrons. The zero-order chi connectivity index (χ0) is 16.5. The van der Waals surface area contributed by atoms with Crippen molar-refractivity contribution in [2.45, 2.75) is 58.8 Å². The Morgan fingerprint density at radius 2 is 1.86 bits per heavy atom. The van der Waals surface area contributed by atoms with Crippen LogP contribution in [-0.2, 0) is 19.1 Å². The molecular weight excluding hydrogens is 282 g/mol. The Morgan fingerprint density at radius 3 is 2.41 bits per heavy atom. The van der Waals surface area contributed by atoms with Crippen molar-refractivity contribution in [3.05, 3.63) is 0 Å². The maximum atomic E-state index is 12.0. The third-order valence-electron chi connectivity index (χ3n) is 3.93. The molecule has 1 aliphatic carbocycles. The van der Waals surface area contributed by atoms with Gasteiger partial charge in [0.25, 0.3) is 0 Å². The van der Waals surface area contributed by atoms with Crippen molar-refractivity contribution in [3.63, 3.8) is 0 Å². The predicted octanol–water partition coefficient (Wildman–Crippen LogP) is 2.48. The first kappa shape index (κ1) is 18.7. The lowest BCUT2D eigenvalue weighted by molar-refractivity contribution is -0.140. The molecule has 1 N–H and O–H groups in total. The number of esters is 1. The lowest BCUT2D eigenvalue weighted by Crippen LogP contribution is -2.31. The van der Waals surface area contributed by atoms with Crippen LogP contribution in [0.25, 0.3) is 0 Å². The molecule has 1 aliphatic rings. The van der Waals surface area contributed by atoms with E-state index in [1.807, 2.05) is 0 Å². The van der Waals surface area contributed by atoms with Gasteiger partial charge in [0.05, 0.1) is 7.11 Å². The maximum Gasteiger partial charge on any atom is 0.305 e. The van der Waals surface area contributed by atoms with E-state index in [1.54, 1.807) is 0 Å². The van der Waals surface area contributed by atoms with Crippen molar-refractivity contribution in [1.29, 1.82) is 0 Å². The molecule has 22 heavy (non-hydrogen) atoms. The number of hydrogen-bond acceptors (Lipinski definition) is 4. The van der Waals surface area contributed by atoms with Crippen LogP contribution in [0.5, 0.6) is 0 Å². The summed E-state index contributed by atoms with van der Waals surface area (Å²) in [5.41, 5.74) is 0. The number of hydrogen-bond donors (Lipinski definition) is 1. The number of methoxy groups -OCH3 is 1. The molecular formula is C17H29NO4. The van der Waals surface area contributed by atoms with Crippen molar-refractivity contribution >= 4 is 17.7 Å². The van der Waals surface area contributed by atoms with E-state index in [1.165, 1.54) is 7.11 Å². The highest BCUT2D eigenvalue weighted by atomic mass is 16.5. The zero-order valence-electron chi connectivity index (χ0n) is 14.0. The van der Waals surface area contributed by atoms with Crippen LogP contribution < -0.4 is 5.32 Å². The second-order valence-corrected chi connectivity index (χ2v) is 6.67. The Balaban J connectivity index is 2.27. The van der Waals surface area contributed by atoms with E-state index < -0.39 is 0 Å². The Labute approximate surface area is 133 Å². The highest BCUT2D eigenvalue weighted by molar-refractivity contribution is 5.83. The van der Waals surface area contributed by atoms with Crippen LogP contribution in [-0.4, -0.2) is 31.3 Å². The molecule has 126 valence electrons. The second kappa shape index (κ2) is 9.59. The van der Waals surface area contributed by atoms with Crippen molar-refractivity contribution in [2.24, 2.45) is 17.8 Å². The third-order valence-corrected chi connectivity index (χ3v) is 3.93. The van der Waals surface area contributed by atoms with Gasteiger partial charge >= 0.3 is 5.97 Å². The van der Waals surface area contributed by atoms with Gasteiger partial charge in [0.15, 0.2) is 0 Å². The lowest BCUT2D eigenvalue weighted by atomic mass is 9.91. The van der Waals surface area contributed by atoms with Crippen molar-refractivity contribution in [2.75, 3.05) is 13.7 Å². The summed E-state index contributed by atoms with van der Waals surface area (Å²) in [4.78, 5) is 34.7. The molecule has 1 atom stereocenters. The number of carbonyl (C=O) groups is 3. The van der Waals surface area contributed by atoms with Crippen LogP contribution in [0, 0.1) is 17.8 Å². The maximum absolute atomic E-state index is 12.0. The van der Waals surface area contributed by atoms with Crippen LogP contribution in [0.1, 0.15) is 58.8 Å². The molecule has 1 saturated carbocycles. The summed E-state index contributed by atoms with van der Waals surface area (Å²) >= 11 is 0. The molecule has 0 aromatic carbocycles. The highest BCUT2D eigenvalue weighted by Gasteiger charge is 2.31. The van der Waals surface area contributed by atoms with Crippen molar-refractivity contribution in [1.82, 2.24) is 5.32 Å². The number of amides is 1. The number of nitrogens with one attached hydrogen (secondary N) is 1. The van der Waals surface area contributed by atoms with Gasteiger partial charge in [0, 0.05) is 31.7 Å². The van der Waals surface area contributed by atoms with E-state index in [4.69, 9.17) is 0 Å². The van der Waals surface area contributed by atoms with Gasteiger partial charge in [0.1, 0.15) is 5.78 Å². The fraction of sp³-hybridized carbons (Fsp3) is 0.824. The largest absolute Gasteiger partial charge is 0.469 e. The van der Waals surface area contributed by atoms with Crippen LogP contribution in [0.3, 0.4) is 0 Å². The average molecular weight is 311 g/mol. The minimum atomic E-state index is -0.291. The molecule has 0 heterocycles. The first-order valence-electron chi connectivity index (χ1n) is 8.28. The summed E-state index contributed by atoms with van der Waals surface area (Å²) in [6.45, 7) is 4.81. The average Bonchev–Trinajstić information content (AvgIpc) is 3.28. The number of ketones is 1. The van der Waals surface area contributed by atoms with E-state index in [-0.39, 0.29) is 30.1 Å². The zero-order valence-corrected chi connectivity index (χ0v) is 14.0. The van der Waals surface area contributed by atoms with Crippen LogP contribution in [0.2, 0.25) is 0 Å². The van der Waals surface area contributed by atoms with E-state index >= 15 is 0 Å². The predicted molar refractivity (Wildman–Crippen MR) is 84.2 cm³/mol. The number of rotatable bonds is 11. The van der Waals surface area contributed by atoms with Gasteiger partial charge in [-0.05, 0) is 37.5 Å². The Morgan fingerprint density at radius 1 is 1.18 bits per heavy atom. The molecule has 0 saturated heterocycles. The fourth-order valence-corrected chi connectivity index (χ4v) is 2.60. The highest BCUT2D eigenvalue weighted by Crippen LogP contribution is 2.32. The van der Waals surface area contributed by atoms with Gasteiger partial charge in [-0.2, -0.15) is 0 Å². The monoisotopic (exact) mass is 311 g/mol. The van der Waals surface area contributed by atoms with Gasteiger partial charge in [-0.25, -0.2) is 0 Å². The van der Waals surface area contributed by atoms with Gasteiger partial charge < -0.3 is 10.1 Å². The van der Waals surface area contributed by atoms with Crippen LogP contribution in [0.4, 0.5) is 0 Å². The summed E-state index contributed by atoms with van der Waals surface area (Å²) in [5.74, 6) is 1.01. The summed E-state index contributed by atoms with van der Waals surface area (Å²) < 4.78 is 4.54.